The molecule has 0 spiro atoms. The largest absolute Gasteiger partial charge is 0.490 e. The zero-order chi connectivity index (χ0) is 30.9. The summed E-state index contributed by atoms with van der Waals surface area (Å²) in [6.45, 7) is 19.0. The molecule has 1 heterocycles. The molecular formula is C38H50O4. The summed E-state index contributed by atoms with van der Waals surface area (Å²) in [7, 11) is 0. The maximum absolute atomic E-state index is 15.6. The Morgan fingerprint density at radius 3 is 2.29 bits per heavy atom. The third-order valence-electron chi connectivity index (χ3n) is 11.2. The van der Waals surface area contributed by atoms with Crippen LogP contribution < -0.4 is 0 Å². The lowest BCUT2D eigenvalue weighted by atomic mass is 9.38. The van der Waals surface area contributed by atoms with Crippen molar-refractivity contribution in [2.45, 2.75) is 113 Å². The van der Waals surface area contributed by atoms with Crippen LogP contribution >= 0.6 is 0 Å². The molecule has 0 radical (unpaired) electrons. The lowest BCUT2D eigenvalue weighted by Crippen LogP contribution is -2.70. The van der Waals surface area contributed by atoms with Gasteiger partial charge in [0, 0.05) is 11.1 Å². The molecule has 2 bridgehead atoms. The quantitative estimate of drug-likeness (QED) is 0.194. The average Bonchev–Trinajstić information content (AvgIpc) is 2.90. The number of hydrogen-bond donors (Lipinski definition) is 0. The van der Waals surface area contributed by atoms with E-state index in [9.17, 15) is 4.79 Å². The monoisotopic (exact) mass is 570 g/mol. The van der Waals surface area contributed by atoms with Crippen LogP contribution in [0.1, 0.15) is 118 Å². The Morgan fingerprint density at radius 2 is 1.67 bits per heavy atom. The Morgan fingerprint density at radius 1 is 1.00 bits per heavy atom. The van der Waals surface area contributed by atoms with E-state index in [0.29, 0.717) is 49.0 Å². The Balaban J connectivity index is 1.81. The number of carbonyl (C=O) groups excluding carboxylic acids is 3. The Kier molecular flexibility index (Phi) is 7.43. The van der Waals surface area contributed by atoms with E-state index in [1.54, 1.807) is 0 Å². The van der Waals surface area contributed by atoms with Gasteiger partial charge in [0.1, 0.15) is 11.4 Å². The summed E-state index contributed by atoms with van der Waals surface area (Å²) in [5.74, 6) is -0.106. The molecule has 5 rings (SSSR count). The number of rotatable bonds is 6. The van der Waals surface area contributed by atoms with Gasteiger partial charge in [-0.05, 0) is 102 Å². The molecule has 226 valence electrons. The summed E-state index contributed by atoms with van der Waals surface area (Å²) >= 11 is 0. The van der Waals surface area contributed by atoms with E-state index in [-0.39, 0.29) is 34.6 Å². The topological polar surface area (TPSA) is 60.4 Å². The van der Waals surface area contributed by atoms with Crippen LogP contribution in [-0.2, 0) is 14.3 Å². The Hall–Kier alpha value is -2.75. The molecule has 4 aliphatic rings. The molecule has 1 aromatic rings. The number of hydrogen-bond acceptors (Lipinski definition) is 4. The maximum atomic E-state index is 15.6. The van der Waals surface area contributed by atoms with Gasteiger partial charge in [-0.15, -0.1) is 0 Å². The number of Topliss-reactive ketones (excluding diaryl/α,β-unsaturated/α-hetero) is 3. The standard InChI is InChI=1S/C38H50O4/c1-24(2)15-16-28-23-37(22-27-17-19-34(4,5)21-25(27)3)31(40)29-18-20-35(6,7)42-32(29)38(33(37)41,36(28,8)9)30(39)26-13-11-10-12-14-26/h10-15,21,27-28H,16-20,22-23H2,1-9H3/t27-,28+,37-,38+/m1/s1. The van der Waals surface area contributed by atoms with Gasteiger partial charge < -0.3 is 4.74 Å². The van der Waals surface area contributed by atoms with Crippen molar-refractivity contribution in [3.63, 3.8) is 0 Å². The second kappa shape index (κ2) is 10.2. The zero-order valence-electron chi connectivity index (χ0n) is 27.3. The molecule has 4 heteroatoms. The first-order chi connectivity index (χ1) is 19.5. The highest BCUT2D eigenvalue weighted by Crippen LogP contribution is 2.69. The molecule has 1 fully saturated rings. The third-order valence-corrected chi connectivity index (χ3v) is 11.2. The highest BCUT2D eigenvalue weighted by atomic mass is 16.5. The van der Waals surface area contributed by atoms with Crippen molar-refractivity contribution >= 4 is 17.3 Å². The fourth-order valence-electron chi connectivity index (χ4n) is 8.65. The number of ether oxygens (including phenoxy) is 1. The van der Waals surface area contributed by atoms with Crippen molar-refractivity contribution in [2.75, 3.05) is 0 Å². The lowest BCUT2D eigenvalue weighted by Gasteiger charge is -2.62. The van der Waals surface area contributed by atoms with Gasteiger partial charge in [-0.25, -0.2) is 0 Å². The molecule has 0 aromatic heterocycles. The van der Waals surface area contributed by atoms with Gasteiger partial charge in [0.15, 0.2) is 22.8 Å². The van der Waals surface area contributed by atoms with Crippen LogP contribution in [0.15, 0.2) is 65.0 Å². The summed E-state index contributed by atoms with van der Waals surface area (Å²) in [6, 6.07) is 9.21. The molecule has 1 aromatic carbocycles. The second-order valence-corrected chi connectivity index (χ2v) is 15.8. The van der Waals surface area contributed by atoms with Crippen LogP contribution in [0.2, 0.25) is 0 Å². The SMILES string of the molecule is CC(C)=CC[C@H]1C[C@]2(C[C@H]3CCC(C)(C)C=C3C)C(=O)C3=C(OC(C)(C)CC3)[C@@](C(=O)c3ccccc3)(C2=O)C1(C)C. The summed E-state index contributed by atoms with van der Waals surface area (Å²) in [5.41, 5.74) is -0.534. The van der Waals surface area contributed by atoms with Gasteiger partial charge in [0.25, 0.3) is 0 Å². The van der Waals surface area contributed by atoms with Crippen molar-refractivity contribution < 1.29 is 19.1 Å². The van der Waals surface area contributed by atoms with Crippen molar-refractivity contribution in [2.24, 2.45) is 33.5 Å². The van der Waals surface area contributed by atoms with E-state index in [4.69, 9.17) is 4.74 Å². The predicted octanol–water partition coefficient (Wildman–Crippen LogP) is 9.01. The Bertz CT molecular complexity index is 1400. The molecule has 4 nitrogen and oxygen atoms in total. The Labute approximate surface area is 253 Å². The smallest absolute Gasteiger partial charge is 0.184 e. The zero-order valence-corrected chi connectivity index (χ0v) is 27.3. The predicted molar refractivity (Wildman–Crippen MR) is 168 cm³/mol. The van der Waals surface area contributed by atoms with Crippen molar-refractivity contribution in [1.29, 1.82) is 0 Å². The molecule has 3 aliphatic carbocycles. The van der Waals surface area contributed by atoms with Crippen molar-refractivity contribution in [3.8, 4) is 0 Å². The van der Waals surface area contributed by atoms with Gasteiger partial charge >= 0.3 is 0 Å². The lowest BCUT2D eigenvalue weighted by molar-refractivity contribution is -0.172. The van der Waals surface area contributed by atoms with Crippen LogP contribution in [-0.4, -0.2) is 23.0 Å². The first kappa shape index (κ1) is 30.7. The molecule has 1 saturated carbocycles. The minimum absolute atomic E-state index is 0.0614. The number of fused-ring (bicyclic) bond motifs is 3. The fraction of sp³-hybridized carbons (Fsp3) is 0.605. The van der Waals surface area contributed by atoms with E-state index in [0.717, 1.165) is 12.8 Å². The highest BCUT2D eigenvalue weighted by molar-refractivity contribution is 6.30. The maximum Gasteiger partial charge on any atom is 0.184 e. The summed E-state index contributed by atoms with van der Waals surface area (Å²) in [6.07, 6.45) is 9.35. The fourth-order valence-corrected chi connectivity index (χ4v) is 8.65. The van der Waals surface area contributed by atoms with Crippen LogP contribution in [0, 0.1) is 33.5 Å². The second-order valence-electron chi connectivity index (χ2n) is 15.8. The van der Waals surface area contributed by atoms with Crippen molar-refractivity contribution in [1.82, 2.24) is 0 Å². The minimum atomic E-state index is -1.57. The van der Waals surface area contributed by atoms with Gasteiger partial charge in [-0.3, -0.25) is 14.4 Å². The molecule has 42 heavy (non-hydrogen) atoms. The average molecular weight is 571 g/mol. The molecule has 0 unspecified atom stereocenters. The number of benzene rings is 1. The van der Waals surface area contributed by atoms with Crippen molar-refractivity contribution in [3.05, 3.63) is 70.5 Å². The van der Waals surface area contributed by atoms with E-state index in [1.807, 2.05) is 44.2 Å². The number of ketones is 3. The van der Waals surface area contributed by atoms with Crippen LogP contribution in [0.3, 0.4) is 0 Å². The van der Waals surface area contributed by atoms with E-state index >= 15 is 9.59 Å². The van der Waals surface area contributed by atoms with Gasteiger partial charge in [-0.1, -0.05) is 81.3 Å². The molecular weight excluding hydrogens is 520 g/mol. The first-order valence-electron chi connectivity index (χ1n) is 15.9. The molecule has 4 atom stereocenters. The molecule has 0 amide bonds. The first-order valence-corrected chi connectivity index (χ1v) is 15.9. The van der Waals surface area contributed by atoms with E-state index in [1.165, 1.54) is 11.1 Å². The normalized spacial score (nSPS) is 32.8. The molecule has 0 saturated heterocycles. The molecule has 1 aliphatic heterocycles. The summed E-state index contributed by atoms with van der Waals surface area (Å²) in [4.78, 5) is 45.6. The number of carbonyl (C=O) groups is 3. The summed E-state index contributed by atoms with van der Waals surface area (Å²) in [5, 5.41) is 0. The number of allylic oxidation sites excluding steroid dienone is 6. The van der Waals surface area contributed by atoms with Gasteiger partial charge in [0.2, 0.25) is 0 Å². The van der Waals surface area contributed by atoms with E-state index in [2.05, 4.69) is 60.6 Å². The minimum Gasteiger partial charge on any atom is -0.490 e. The summed E-state index contributed by atoms with van der Waals surface area (Å²) < 4.78 is 6.73. The van der Waals surface area contributed by atoms with E-state index < -0.39 is 21.8 Å². The van der Waals surface area contributed by atoms with Crippen LogP contribution in [0.25, 0.3) is 0 Å². The van der Waals surface area contributed by atoms with Gasteiger partial charge in [-0.2, -0.15) is 0 Å². The van der Waals surface area contributed by atoms with Crippen LogP contribution in [0.5, 0.6) is 0 Å². The highest BCUT2D eigenvalue weighted by Gasteiger charge is 2.76. The third kappa shape index (κ3) is 4.59. The van der Waals surface area contributed by atoms with Crippen LogP contribution in [0.4, 0.5) is 0 Å². The van der Waals surface area contributed by atoms with Gasteiger partial charge in [0.05, 0.1) is 5.41 Å². The molecule has 0 N–H and O–H groups in total.